The van der Waals surface area contributed by atoms with Gasteiger partial charge < -0.3 is 5.32 Å². The first kappa shape index (κ1) is 13.5. The Morgan fingerprint density at radius 2 is 2.18 bits per heavy atom. The highest BCUT2D eigenvalue weighted by atomic mass is 32.2. The Morgan fingerprint density at radius 1 is 1.36 bits per heavy atom. The van der Waals surface area contributed by atoms with Crippen LogP contribution in [0.25, 0.3) is 10.9 Å². The van der Waals surface area contributed by atoms with Gasteiger partial charge in [-0.05, 0) is 42.9 Å². The van der Waals surface area contributed by atoms with E-state index in [4.69, 9.17) is 0 Å². The second-order valence-electron chi connectivity index (χ2n) is 5.99. The molecule has 2 heterocycles. The predicted molar refractivity (Wildman–Crippen MR) is 83.4 cm³/mol. The van der Waals surface area contributed by atoms with Crippen LogP contribution in [-0.2, 0) is 16.3 Å². The molecule has 0 atom stereocenters. The second kappa shape index (κ2) is 4.68. The first-order valence-corrected chi connectivity index (χ1v) is 9.07. The number of aryl methyl sites for hydroxylation is 1. The largest absolute Gasteiger partial charge is 0.383 e. The molecule has 1 N–H and O–H groups in total. The molecule has 22 heavy (non-hydrogen) atoms. The van der Waals surface area contributed by atoms with Gasteiger partial charge in [0.1, 0.15) is 6.07 Å². The lowest BCUT2D eigenvalue weighted by Crippen LogP contribution is -2.07. The second-order valence-corrected chi connectivity index (χ2v) is 8.07. The molecule has 1 saturated carbocycles. The van der Waals surface area contributed by atoms with Gasteiger partial charge in [-0.25, -0.2) is 8.42 Å². The normalized spacial score (nSPS) is 18.9. The molecular formula is C16H15N3O2S. The summed E-state index contributed by atoms with van der Waals surface area (Å²) < 4.78 is 24.3. The van der Waals surface area contributed by atoms with E-state index >= 15 is 0 Å². The maximum Gasteiger partial charge on any atom is 0.179 e. The minimum atomic E-state index is -3.19. The van der Waals surface area contributed by atoms with E-state index in [0.29, 0.717) is 22.8 Å². The van der Waals surface area contributed by atoms with Crippen LogP contribution in [0.4, 0.5) is 5.69 Å². The number of anilines is 1. The number of hydrogen-bond donors (Lipinski definition) is 1. The van der Waals surface area contributed by atoms with Crippen LogP contribution >= 0.6 is 0 Å². The number of sulfone groups is 1. The van der Waals surface area contributed by atoms with Crippen LogP contribution in [0.5, 0.6) is 0 Å². The predicted octanol–water partition coefficient (Wildman–Crippen LogP) is 2.26. The van der Waals surface area contributed by atoms with Gasteiger partial charge in [-0.15, -0.1) is 0 Å². The first-order valence-electron chi connectivity index (χ1n) is 7.41. The van der Waals surface area contributed by atoms with Crippen molar-refractivity contribution in [3.8, 4) is 6.07 Å². The topological polar surface area (TPSA) is 82.8 Å². The minimum absolute atomic E-state index is 0.139. The first-order chi connectivity index (χ1) is 10.6. The Hall–Kier alpha value is -2.13. The Labute approximate surface area is 128 Å². The summed E-state index contributed by atoms with van der Waals surface area (Å²) in [5.74, 6) is 0.801. The SMILES string of the molecule is N#Cc1cnc2ccc3c(c2c1NCC1CC1)CCS3(=O)=O. The number of aromatic nitrogens is 1. The van der Waals surface area contributed by atoms with Gasteiger partial charge in [-0.1, -0.05) is 0 Å². The number of hydrogen-bond acceptors (Lipinski definition) is 5. The summed E-state index contributed by atoms with van der Waals surface area (Å²) in [6, 6.07) is 5.55. The lowest BCUT2D eigenvalue weighted by Gasteiger charge is -2.13. The van der Waals surface area contributed by atoms with Gasteiger partial charge in [-0.3, -0.25) is 4.98 Å². The fraction of sp³-hybridized carbons (Fsp3) is 0.375. The summed E-state index contributed by atoms with van der Waals surface area (Å²) in [5, 5.41) is 13.5. The van der Waals surface area contributed by atoms with E-state index in [1.807, 2.05) is 0 Å². The van der Waals surface area contributed by atoms with Gasteiger partial charge in [0.05, 0.1) is 27.4 Å². The molecule has 0 spiro atoms. The molecular weight excluding hydrogens is 298 g/mol. The maximum atomic E-state index is 12.1. The maximum absolute atomic E-state index is 12.1. The fourth-order valence-electron chi connectivity index (χ4n) is 3.06. The van der Waals surface area contributed by atoms with Crippen molar-refractivity contribution in [1.82, 2.24) is 4.98 Å². The van der Waals surface area contributed by atoms with Crippen molar-refractivity contribution in [1.29, 1.82) is 5.26 Å². The molecule has 0 saturated heterocycles. The number of nitrogens with one attached hydrogen (secondary N) is 1. The van der Waals surface area contributed by atoms with E-state index in [2.05, 4.69) is 16.4 Å². The third-order valence-electron chi connectivity index (χ3n) is 4.44. The van der Waals surface area contributed by atoms with Crippen LogP contribution in [0.1, 0.15) is 24.0 Å². The van der Waals surface area contributed by atoms with Crippen molar-refractivity contribution in [3.63, 3.8) is 0 Å². The highest BCUT2D eigenvalue weighted by molar-refractivity contribution is 7.91. The van der Waals surface area contributed by atoms with E-state index in [0.717, 1.165) is 28.7 Å². The van der Waals surface area contributed by atoms with Crippen molar-refractivity contribution < 1.29 is 8.42 Å². The highest BCUT2D eigenvalue weighted by Gasteiger charge is 2.30. The molecule has 0 amide bonds. The van der Waals surface area contributed by atoms with Gasteiger partial charge in [0, 0.05) is 18.1 Å². The molecule has 6 heteroatoms. The lowest BCUT2D eigenvalue weighted by atomic mass is 10.0. The number of nitriles is 1. The number of benzene rings is 1. The van der Waals surface area contributed by atoms with Gasteiger partial charge in [0.15, 0.2) is 9.84 Å². The summed E-state index contributed by atoms with van der Waals surface area (Å²) in [7, 11) is -3.19. The van der Waals surface area contributed by atoms with Crippen LogP contribution < -0.4 is 5.32 Å². The quantitative estimate of drug-likeness (QED) is 0.939. The zero-order chi connectivity index (χ0) is 15.3. The summed E-state index contributed by atoms with van der Waals surface area (Å²) >= 11 is 0. The monoisotopic (exact) mass is 313 g/mol. The number of fused-ring (bicyclic) bond motifs is 3. The van der Waals surface area contributed by atoms with E-state index in [1.54, 1.807) is 18.3 Å². The van der Waals surface area contributed by atoms with Crippen molar-refractivity contribution in [2.45, 2.75) is 24.2 Å². The third-order valence-corrected chi connectivity index (χ3v) is 6.23. The fourth-order valence-corrected chi connectivity index (χ4v) is 4.61. The van der Waals surface area contributed by atoms with Gasteiger partial charge in [0.2, 0.25) is 0 Å². The van der Waals surface area contributed by atoms with E-state index < -0.39 is 9.84 Å². The molecule has 4 rings (SSSR count). The zero-order valence-electron chi connectivity index (χ0n) is 12.0. The summed E-state index contributed by atoms with van der Waals surface area (Å²) in [6.45, 7) is 0.824. The molecule has 1 aromatic heterocycles. The van der Waals surface area contributed by atoms with Crippen molar-refractivity contribution >= 4 is 26.4 Å². The molecule has 0 bridgehead atoms. The number of pyridine rings is 1. The minimum Gasteiger partial charge on any atom is -0.383 e. The zero-order valence-corrected chi connectivity index (χ0v) is 12.8. The summed E-state index contributed by atoms with van der Waals surface area (Å²) in [5.41, 5.74) is 2.77. The Balaban J connectivity index is 1.97. The standard InChI is InChI=1S/C16H15N3O2S/c17-7-11-9-18-13-3-4-14-12(5-6-22(14,20)21)15(13)16(11)19-8-10-1-2-10/h3-4,9-10H,1-2,5-6,8H2,(H,18,19). The summed E-state index contributed by atoms with van der Waals surface area (Å²) in [6.07, 6.45) is 4.48. The van der Waals surface area contributed by atoms with Crippen molar-refractivity contribution in [2.24, 2.45) is 5.92 Å². The Kier molecular flexibility index (Phi) is 2.88. The molecule has 2 aliphatic rings. The summed E-state index contributed by atoms with van der Waals surface area (Å²) in [4.78, 5) is 4.72. The van der Waals surface area contributed by atoms with E-state index in [1.165, 1.54) is 12.8 Å². The van der Waals surface area contributed by atoms with Crippen LogP contribution in [0.3, 0.4) is 0 Å². The smallest absolute Gasteiger partial charge is 0.179 e. The average Bonchev–Trinajstić information content (AvgIpc) is 3.28. The molecule has 112 valence electrons. The average molecular weight is 313 g/mol. The van der Waals surface area contributed by atoms with Crippen molar-refractivity contribution in [3.05, 3.63) is 29.5 Å². The number of nitrogens with zero attached hydrogens (tertiary/aromatic N) is 2. The van der Waals surface area contributed by atoms with Crippen LogP contribution in [0.15, 0.2) is 23.2 Å². The van der Waals surface area contributed by atoms with Gasteiger partial charge in [-0.2, -0.15) is 5.26 Å². The molecule has 1 aromatic carbocycles. The molecule has 1 aliphatic carbocycles. The highest BCUT2D eigenvalue weighted by Crippen LogP contribution is 2.38. The Bertz CT molecular complexity index is 925. The van der Waals surface area contributed by atoms with Gasteiger partial charge >= 0.3 is 0 Å². The molecule has 1 aliphatic heterocycles. The molecule has 2 aromatic rings. The number of rotatable bonds is 3. The molecule has 5 nitrogen and oxygen atoms in total. The Morgan fingerprint density at radius 3 is 2.91 bits per heavy atom. The van der Waals surface area contributed by atoms with Gasteiger partial charge in [0.25, 0.3) is 0 Å². The molecule has 1 fully saturated rings. The third kappa shape index (κ3) is 2.04. The molecule has 0 unspecified atom stereocenters. The lowest BCUT2D eigenvalue weighted by molar-refractivity contribution is 0.600. The molecule has 0 radical (unpaired) electrons. The van der Waals surface area contributed by atoms with Crippen LogP contribution in [0.2, 0.25) is 0 Å². The van der Waals surface area contributed by atoms with Crippen LogP contribution in [-0.4, -0.2) is 25.7 Å². The van der Waals surface area contributed by atoms with Crippen molar-refractivity contribution in [2.75, 3.05) is 17.6 Å². The van der Waals surface area contributed by atoms with E-state index in [-0.39, 0.29) is 5.75 Å². The van der Waals surface area contributed by atoms with Crippen LogP contribution in [0, 0.1) is 17.2 Å². The van der Waals surface area contributed by atoms with E-state index in [9.17, 15) is 13.7 Å².